The summed E-state index contributed by atoms with van der Waals surface area (Å²) in [6.07, 6.45) is 3.16. The molecule has 19 heavy (non-hydrogen) atoms. The SMILES string of the molecule is CCCOC(=O)[C@@](C)(N)Cc1c[nH]c2ccccc12. The summed E-state index contributed by atoms with van der Waals surface area (Å²) >= 11 is 0. The Kier molecular flexibility index (Phi) is 3.90. The Labute approximate surface area is 112 Å². The Morgan fingerprint density at radius 3 is 2.89 bits per heavy atom. The second kappa shape index (κ2) is 5.45. The van der Waals surface area contributed by atoms with Crippen LogP contribution in [0.25, 0.3) is 10.9 Å². The third kappa shape index (κ3) is 2.96. The quantitative estimate of drug-likeness (QED) is 0.811. The summed E-state index contributed by atoms with van der Waals surface area (Å²) < 4.78 is 5.14. The Bertz CT molecular complexity index is 572. The van der Waals surface area contributed by atoms with Crippen molar-refractivity contribution in [3.8, 4) is 0 Å². The van der Waals surface area contributed by atoms with Gasteiger partial charge in [0.05, 0.1) is 6.61 Å². The van der Waals surface area contributed by atoms with E-state index in [0.717, 1.165) is 22.9 Å². The number of hydrogen-bond donors (Lipinski definition) is 2. The molecule has 1 aromatic heterocycles. The van der Waals surface area contributed by atoms with Crippen LogP contribution < -0.4 is 5.73 Å². The van der Waals surface area contributed by atoms with E-state index in [1.54, 1.807) is 6.92 Å². The number of nitrogens with two attached hydrogens (primary N) is 1. The molecular weight excluding hydrogens is 240 g/mol. The smallest absolute Gasteiger partial charge is 0.326 e. The lowest BCUT2D eigenvalue weighted by Gasteiger charge is -2.22. The zero-order valence-corrected chi connectivity index (χ0v) is 11.4. The molecule has 0 fully saturated rings. The third-order valence-corrected chi connectivity index (χ3v) is 3.14. The van der Waals surface area contributed by atoms with E-state index < -0.39 is 5.54 Å². The molecule has 1 aromatic carbocycles. The normalized spacial score (nSPS) is 14.3. The average molecular weight is 260 g/mol. The van der Waals surface area contributed by atoms with Crippen LogP contribution in [0.1, 0.15) is 25.8 Å². The van der Waals surface area contributed by atoms with Gasteiger partial charge in [-0.1, -0.05) is 25.1 Å². The maximum Gasteiger partial charge on any atom is 0.326 e. The monoisotopic (exact) mass is 260 g/mol. The summed E-state index contributed by atoms with van der Waals surface area (Å²) in [5.41, 5.74) is 7.18. The molecule has 0 aliphatic carbocycles. The number of benzene rings is 1. The molecule has 4 nitrogen and oxygen atoms in total. The zero-order valence-electron chi connectivity index (χ0n) is 11.4. The number of nitrogens with one attached hydrogen (secondary N) is 1. The van der Waals surface area contributed by atoms with Gasteiger partial charge in [0.15, 0.2) is 0 Å². The Hall–Kier alpha value is -1.81. The first-order chi connectivity index (χ1) is 9.04. The molecule has 0 spiro atoms. The Balaban J connectivity index is 2.17. The van der Waals surface area contributed by atoms with Crippen molar-refractivity contribution in [2.24, 2.45) is 5.73 Å². The number of rotatable bonds is 5. The highest BCUT2D eigenvalue weighted by Gasteiger charge is 2.31. The summed E-state index contributed by atoms with van der Waals surface area (Å²) in [7, 11) is 0. The van der Waals surface area contributed by atoms with Gasteiger partial charge < -0.3 is 15.5 Å². The zero-order chi connectivity index (χ0) is 13.9. The van der Waals surface area contributed by atoms with Gasteiger partial charge in [0, 0.05) is 23.5 Å². The summed E-state index contributed by atoms with van der Waals surface area (Å²) in [5, 5.41) is 1.10. The summed E-state index contributed by atoms with van der Waals surface area (Å²) in [5.74, 6) is -0.348. The largest absolute Gasteiger partial charge is 0.464 e. The van der Waals surface area contributed by atoms with E-state index >= 15 is 0 Å². The number of hydrogen-bond acceptors (Lipinski definition) is 3. The highest BCUT2D eigenvalue weighted by Crippen LogP contribution is 2.22. The molecule has 0 radical (unpaired) electrons. The average Bonchev–Trinajstić information content (AvgIpc) is 2.79. The fraction of sp³-hybridized carbons (Fsp3) is 0.400. The van der Waals surface area contributed by atoms with Gasteiger partial charge in [-0.25, -0.2) is 0 Å². The van der Waals surface area contributed by atoms with Crippen molar-refractivity contribution < 1.29 is 9.53 Å². The maximum absolute atomic E-state index is 11.9. The van der Waals surface area contributed by atoms with E-state index in [2.05, 4.69) is 4.98 Å². The number of carbonyl (C=O) groups excluding carboxylic acids is 1. The predicted octanol–water partition coefficient (Wildman–Crippen LogP) is 2.38. The van der Waals surface area contributed by atoms with Gasteiger partial charge in [-0.05, 0) is 25.0 Å². The van der Waals surface area contributed by atoms with Gasteiger partial charge >= 0.3 is 5.97 Å². The van der Waals surface area contributed by atoms with Gasteiger partial charge in [-0.3, -0.25) is 4.79 Å². The second-order valence-electron chi connectivity index (χ2n) is 5.09. The van der Waals surface area contributed by atoms with Gasteiger partial charge in [-0.2, -0.15) is 0 Å². The van der Waals surface area contributed by atoms with Crippen molar-refractivity contribution in [2.75, 3.05) is 6.61 Å². The van der Waals surface area contributed by atoms with E-state index in [0.29, 0.717) is 13.0 Å². The number of esters is 1. The number of fused-ring (bicyclic) bond motifs is 1. The predicted molar refractivity (Wildman–Crippen MR) is 75.8 cm³/mol. The maximum atomic E-state index is 11.9. The minimum atomic E-state index is -1.000. The molecule has 1 heterocycles. The van der Waals surface area contributed by atoms with Crippen LogP contribution in [-0.4, -0.2) is 23.1 Å². The lowest BCUT2D eigenvalue weighted by molar-refractivity contribution is -0.149. The molecule has 4 heteroatoms. The molecule has 0 aliphatic heterocycles. The molecule has 2 aromatic rings. The molecule has 2 rings (SSSR count). The first kappa shape index (κ1) is 13.6. The number of ether oxygens (including phenoxy) is 1. The van der Waals surface area contributed by atoms with E-state index in [1.165, 1.54) is 0 Å². The molecule has 1 atom stereocenters. The van der Waals surface area contributed by atoms with Crippen LogP contribution in [0.5, 0.6) is 0 Å². The highest BCUT2D eigenvalue weighted by atomic mass is 16.5. The van der Waals surface area contributed by atoms with Gasteiger partial charge in [0.2, 0.25) is 0 Å². The van der Waals surface area contributed by atoms with Crippen LogP contribution >= 0.6 is 0 Å². The first-order valence-electron chi connectivity index (χ1n) is 6.55. The van der Waals surface area contributed by atoms with Crippen molar-refractivity contribution in [1.29, 1.82) is 0 Å². The highest BCUT2D eigenvalue weighted by molar-refractivity contribution is 5.85. The van der Waals surface area contributed by atoms with Crippen molar-refractivity contribution >= 4 is 16.9 Å². The number of para-hydroxylation sites is 1. The number of carbonyl (C=O) groups is 1. The third-order valence-electron chi connectivity index (χ3n) is 3.14. The Morgan fingerprint density at radius 1 is 1.42 bits per heavy atom. The topological polar surface area (TPSA) is 68.1 Å². The summed E-state index contributed by atoms with van der Waals surface area (Å²) in [6, 6.07) is 7.97. The molecule has 0 bridgehead atoms. The van der Waals surface area contributed by atoms with Crippen LogP contribution in [0.4, 0.5) is 0 Å². The fourth-order valence-electron chi connectivity index (χ4n) is 2.11. The van der Waals surface area contributed by atoms with E-state index in [9.17, 15) is 4.79 Å². The van der Waals surface area contributed by atoms with Gasteiger partial charge in [0.25, 0.3) is 0 Å². The molecule has 0 amide bonds. The van der Waals surface area contributed by atoms with Crippen LogP contribution in [0.2, 0.25) is 0 Å². The molecular formula is C15H20N2O2. The summed E-state index contributed by atoms with van der Waals surface area (Å²) in [4.78, 5) is 15.1. The lowest BCUT2D eigenvalue weighted by atomic mass is 9.94. The van der Waals surface area contributed by atoms with Gasteiger partial charge in [-0.15, -0.1) is 0 Å². The van der Waals surface area contributed by atoms with Crippen molar-refractivity contribution in [3.63, 3.8) is 0 Å². The lowest BCUT2D eigenvalue weighted by Crippen LogP contribution is -2.48. The van der Waals surface area contributed by atoms with Crippen LogP contribution in [0, 0.1) is 0 Å². The molecule has 0 unspecified atom stereocenters. The first-order valence-corrected chi connectivity index (χ1v) is 6.55. The minimum Gasteiger partial charge on any atom is -0.464 e. The van der Waals surface area contributed by atoms with E-state index in [-0.39, 0.29) is 5.97 Å². The van der Waals surface area contributed by atoms with Crippen molar-refractivity contribution in [3.05, 3.63) is 36.0 Å². The second-order valence-corrected chi connectivity index (χ2v) is 5.09. The molecule has 102 valence electrons. The van der Waals surface area contributed by atoms with Crippen LogP contribution in [0.15, 0.2) is 30.5 Å². The molecule has 0 saturated carbocycles. The van der Waals surface area contributed by atoms with Crippen LogP contribution in [-0.2, 0) is 16.0 Å². The minimum absolute atomic E-state index is 0.348. The Morgan fingerprint density at radius 2 is 2.16 bits per heavy atom. The summed E-state index contributed by atoms with van der Waals surface area (Å²) in [6.45, 7) is 4.09. The number of aromatic amines is 1. The van der Waals surface area contributed by atoms with Crippen LogP contribution in [0.3, 0.4) is 0 Å². The standard InChI is InChI=1S/C15H20N2O2/c1-3-8-19-14(18)15(2,16)9-11-10-17-13-7-5-4-6-12(11)13/h4-7,10,17H,3,8-9,16H2,1-2H3/t15-/m0/s1. The molecule has 0 saturated heterocycles. The number of aromatic nitrogens is 1. The molecule has 3 N–H and O–H groups in total. The molecule has 0 aliphatic rings. The van der Waals surface area contributed by atoms with Gasteiger partial charge in [0.1, 0.15) is 5.54 Å². The fourth-order valence-corrected chi connectivity index (χ4v) is 2.11. The van der Waals surface area contributed by atoms with Crippen molar-refractivity contribution in [2.45, 2.75) is 32.2 Å². The number of H-pyrrole nitrogens is 1. The van der Waals surface area contributed by atoms with Crippen molar-refractivity contribution in [1.82, 2.24) is 4.98 Å². The van der Waals surface area contributed by atoms with E-state index in [1.807, 2.05) is 37.4 Å². The van der Waals surface area contributed by atoms with E-state index in [4.69, 9.17) is 10.5 Å².